The largest absolute Gasteiger partial charge is 0.377 e. The Morgan fingerprint density at radius 1 is 1.53 bits per heavy atom. The van der Waals surface area contributed by atoms with Crippen LogP contribution in [0.4, 0.5) is 0 Å². The lowest BCUT2D eigenvalue weighted by Gasteiger charge is -2.10. The van der Waals surface area contributed by atoms with Crippen LogP contribution >= 0.6 is 15.9 Å². The van der Waals surface area contributed by atoms with E-state index in [0.29, 0.717) is 35.7 Å². The average molecular weight is 325 g/mol. The third kappa shape index (κ3) is 2.12. The Balaban J connectivity index is 2.18. The summed E-state index contributed by atoms with van der Waals surface area (Å²) >= 11 is 3.29. The van der Waals surface area contributed by atoms with Crippen molar-refractivity contribution in [3.05, 3.63) is 32.4 Å². The number of rotatable bonds is 2. The van der Waals surface area contributed by atoms with Gasteiger partial charge in [-0.15, -0.1) is 0 Å². The van der Waals surface area contributed by atoms with Crippen molar-refractivity contribution in [1.29, 1.82) is 0 Å². The van der Waals surface area contributed by atoms with Crippen molar-refractivity contribution < 1.29 is 4.74 Å². The van der Waals surface area contributed by atoms with Crippen molar-refractivity contribution in [1.82, 2.24) is 19.6 Å². The van der Waals surface area contributed by atoms with Gasteiger partial charge < -0.3 is 4.74 Å². The van der Waals surface area contributed by atoms with Crippen molar-refractivity contribution in [2.75, 3.05) is 13.2 Å². The van der Waals surface area contributed by atoms with Crippen molar-refractivity contribution >= 4 is 27.3 Å². The SMILES string of the molecule is CCc1nc2nc(C3=CCOCC3)[nH]n2c(=O)c1Br. The quantitative estimate of drug-likeness (QED) is 0.909. The van der Waals surface area contributed by atoms with E-state index in [4.69, 9.17) is 4.74 Å². The van der Waals surface area contributed by atoms with Crippen LogP contribution in [-0.4, -0.2) is 32.8 Å². The highest BCUT2D eigenvalue weighted by Gasteiger charge is 2.15. The van der Waals surface area contributed by atoms with Crippen molar-refractivity contribution in [2.24, 2.45) is 0 Å². The van der Waals surface area contributed by atoms with E-state index in [9.17, 15) is 4.79 Å². The monoisotopic (exact) mass is 324 g/mol. The molecule has 0 saturated carbocycles. The zero-order valence-electron chi connectivity index (χ0n) is 10.4. The number of hydrogen-bond donors (Lipinski definition) is 1. The zero-order valence-corrected chi connectivity index (χ0v) is 12.0. The molecular weight excluding hydrogens is 312 g/mol. The molecule has 0 spiro atoms. The van der Waals surface area contributed by atoms with Gasteiger partial charge in [0.05, 0.1) is 18.9 Å². The molecule has 1 N–H and O–H groups in total. The van der Waals surface area contributed by atoms with Crippen molar-refractivity contribution in [3.8, 4) is 0 Å². The molecule has 0 radical (unpaired) electrons. The van der Waals surface area contributed by atoms with E-state index in [-0.39, 0.29) is 5.56 Å². The maximum absolute atomic E-state index is 12.2. The number of aryl methyl sites for hydroxylation is 1. The lowest BCUT2D eigenvalue weighted by Crippen LogP contribution is -2.18. The molecule has 1 aliphatic rings. The van der Waals surface area contributed by atoms with E-state index in [1.807, 2.05) is 13.0 Å². The minimum absolute atomic E-state index is 0.159. The fourth-order valence-corrected chi connectivity index (χ4v) is 2.61. The molecule has 0 unspecified atom stereocenters. The Labute approximate surface area is 117 Å². The Bertz CT molecular complexity index is 716. The van der Waals surface area contributed by atoms with Crippen LogP contribution in [0, 0.1) is 0 Å². The Morgan fingerprint density at radius 2 is 2.37 bits per heavy atom. The van der Waals surface area contributed by atoms with Gasteiger partial charge >= 0.3 is 0 Å². The second kappa shape index (κ2) is 4.90. The van der Waals surface area contributed by atoms with E-state index in [0.717, 1.165) is 17.7 Å². The standard InChI is InChI=1S/C12H13BrN4O2/c1-2-8-9(13)11(18)17-12(14-8)15-10(16-17)7-3-5-19-6-4-7/h3H,2,4-6H2,1H3,(H,14,15,16). The highest BCUT2D eigenvalue weighted by Crippen LogP contribution is 2.18. The molecule has 19 heavy (non-hydrogen) atoms. The van der Waals surface area contributed by atoms with Crippen LogP contribution < -0.4 is 5.56 Å². The Hall–Kier alpha value is -1.47. The fraction of sp³-hybridized carbons (Fsp3) is 0.417. The lowest BCUT2D eigenvalue weighted by molar-refractivity contribution is 0.161. The molecular formula is C12H13BrN4O2. The Morgan fingerprint density at radius 3 is 3.05 bits per heavy atom. The van der Waals surface area contributed by atoms with E-state index >= 15 is 0 Å². The summed E-state index contributed by atoms with van der Waals surface area (Å²) in [4.78, 5) is 20.9. The number of halogens is 1. The van der Waals surface area contributed by atoms with Crippen LogP contribution in [0.25, 0.3) is 11.4 Å². The van der Waals surface area contributed by atoms with Crippen LogP contribution in [0.2, 0.25) is 0 Å². The van der Waals surface area contributed by atoms with E-state index in [1.54, 1.807) is 0 Å². The minimum Gasteiger partial charge on any atom is -0.377 e. The highest BCUT2D eigenvalue weighted by molar-refractivity contribution is 9.10. The number of aromatic nitrogens is 4. The summed E-state index contributed by atoms with van der Waals surface area (Å²) < 4.78 is 7.12. The normalized spacial score (nSPS) is 15.8. The number of fused-ring (bicyclic) bond motifs is 1. The van der Waals surface area contributed by atoms with Crippen LogP contribution in [0.5, 0.6) is 0 Å². The van der Waals surface area contributed by atoms with Gasteiger partial charge in [-0.05, 0) is 34.3 Å². The van der Waals surface area contributed by atoms with Gasteiger partial charge in [0.1, 0.15) is 4.47 Å². The highest BCUT2D eigenvalue weighted by atomic mass is 79.9. The first-order valence-corrected chi connectivity index (χ1v) is 6.94. The summed E-state index contributed by atoms with van der Waals surface area (Å²) in [6.07, 6.45) is 3.45. The third-order valence-electron chi connectivity index (χ3n) is 3.11. The first kappa shape index (κ1) is 12.6. The lowest BCUT2D eigenvalue weighted by atomic mass is 10.1. The molecule has 0 atom stereocenters. The summed E-state index contributed by atoms with van der Waals surface area (Å²) in [6.45, 7) is 3.21. The van der Waals surface area contributed by atoms with Gasteiger partial charge in [-0.25, -0.2) is 4.98 Å². The molecule has 3 rings (SSSR count). The molecule has 0 aliphatic carbocycles. The third-order valence-corrected chi connectivity index (χ3v) is 3.91. The fourth-order valence-electron chi connectivity index (χ4n) is 2.06. The van der Waals surface area contributed by atoms with Gasteiger partial charge in [0.25, 0.3) is 11.3 Å². The topological polar surface area (TPSA) is 72.3 Å². The predicted octanol–water partition coefficient (Wildman–Crippen LogP) is 1.55. The Kier molecular flexibility index (Phi) is 3.24. The second-order valence-corrected chi connectivity index (χ2v) is 5.09. The molecule has 0 aromatic carbocycles. The van der Waals surface area contributed by atoms with Gasteiger partial charge in [0.2, 0.25) is 0 Å². The number of hydrogen-bond acceptors (Lipinski definition) is 4. The number of aromatic amines is 1. The molecule has 2 aromatic heterocycles. The predicted molar refractivity (Wildman–Crippen MR) is 74.1 cm³/mol. The summed E-state index contributed by atoms with van der Waals surface area (Å²) in [5.74, 6) is 1.10. The maximum atomic E-state index is 12.2. The molecule has 0 amide bonds. The molecule has 0 saturated heterocycles. The smallest absolute Gasteiger partial charge is 0.288 e. The summed E-state index contributed by atoms with van der Waals surface area (Å²) in [7, 11) is 0. The zero-order chi connectivity index (χ0) is 13.4. The number of nitrogens with one attached hydrogen (secondary N) is 1. The molecule has 100 valence electrons. The average Bonchev–Trinajstić information content (AvgIpc) is 2.88. The van der Waals surface area contributed by atoms with Crippen LogP contribution in [0.15, 0.2) is 15.3 Å². The summed E-state index contributed by atoms with van der Waals surface area (Å²) in [6, 6.07) is 0. The molecule has 0 bridgehead atoms. The summed E-state index contributed by atoms with van der Waals surface area (Å²) in [5.41, 5.74) is 1.63. The van der Waals surface area contributed by atoms with Gasteiger partial charge in [-0.3, -0.25) is 9.89 Å². The van der Waals surface area contributed by atoms with Crippen molar-refractivity contribution in [3.63, 3.8) is 0 Å². The number of H-pyrrole nitrogens is 1. The number of ether oxygens (including phenoxy) is 1. The van der Waals surface area contributed by atoms with Gasteiger partial charge in [-0.1, -0.05) is 13.0 Å². The molecule has 6 nitrogen and oxygen atoms in total. The first-order chi connectivity index (χ1) is 9.20. The summed E-state index contributed by atoms with van der Waals surface area (Å²) in [5, 5.41) is 3.00. The van der Waals surface area contributed by atoms with Gasteiger partial charge in [-0.2, -0.15) is 9.50 Å². The van der Waals surface area contributed by atoms with E-state index < -0.39 is 0 Å². The van der Waals surface area contributed by atoms with Crippen LogP contribution in [0.3, 0.4) is 0 Å². The van der Waals surface area contributed by atoms with Gasteiger partial charge in [0, 0.05) is 0 Å². The molecule has 7 heteroatoms. The van der Waals surface area contributed by atoms with E-state index in [2.05, 4.69) is 31.0 Å². The van der Waals surface area contributed by atoms with Crippen LogP contribution in [0.1, 0.15) is 24.9 Å². The molecule has 2 aromatic rings. The maximum Gasteiger partial charge on any atom is 0.288 e. The second-order valence-electron chi connectivity index (χ2n) is 4.29. The number of nitrogens with zero attached hydrogens (tertiary/aromatic N) is 3. The first-order valence-electron chi connectivity index (χ1n) is 6.15. The molecule has 3 heterocycles. The molecule has 0 fully saturated rings. The van der Waals surface area contributed by atoms with Gasteiger partial charge in [0.15, 0.2) is 5.82 Å². The van der Waals surface area contributed by atoms with E-state index in [1.165, 1.54) is 4.52 Å². The minimum atomic E-state index is -0.159. The van der Waals surface area contributed by atoms with Crippen LogP contribution in [-0.2, 0) is 11.2 Å². The molecule has 1 aliphatic heterocycles. The van der Waals surface area contributed by atoms with Crippen molar-refractivity contribution in [2.45, 2.75) is 19.8 Å².